The zero-order valence-electron chi connectivity index (χ0n) is 25.0. The van der Waals surface area contributed by atoms with Gasteiger partial charge < -0.3 is 24.4 Å². The average Bonchev–Trinajstić information content (AvgIpc) is 3.32. The van der Waals surface area contributed by atoms with Gasteiger partial charge in [-0.1, -0.05) is 29.8 Å². The largest absolute Gasteiger partial charge is 0.504 e. The number of carbonyl (C=O) groups is 3. The van der Waals surface area contributed by atoms with E-state index >= 15 is 0 Å². The molecule has 0 saturated carbocycles. The monoisotopic (exact) mass is 639 g/mol. The van der Waals surface area contributed by atoms with E-state index in [9.17, 15) is 24.6 Å². The predicted octanol–water partition coefficient (Wildman–Crippen LogP) is 6.66. The molecule has 9 nitrogen and oxygen atoms in total. The molecule has 0 atom stereocenters. The van der Waals surface area contributed by atoms with Gasteiger partial charge in [-0.05, 0) is 96.4 Å². The van der Waals surface area contributed by atoms with Crippen molar-refractivity contribution in [3.05, 3.63) is 124 Å². The Morgan fingerprint density at radius 1 is 0.870 bits per heavy atom. The number of hydrogen-bond donors (Lipinski definition) is 2. The summed E-state index contributed by atoms with van der Waals surface area (Å²) in [4.78, 5) is 38.6. The lowest BCUT2D eigenvalue weighted by Gasteiger charge is -2.08. The number of halogens is 1. The minimum Gasteiger partial charge on any atom is -0.504 e. The number of methoxy groups -OCH3 is 1. The molecule has 0 aliphatic carbocycles. The van der Waals surface area contributed by atoms with Gasteiger partial charge in [-0.15, -0.1) is 0 Å². The SMILES string of the molecule is COc1ccc2c(c1)c(CC(=O)OCCc1ccc(OC(=O)/C=C/c3ccc(O)c(O)c3)cc1)c(C)n2C(=O)c1ccc(Cl)cc1. The number of carbonyl (C=O) groups excluding carboxylic acids is 3. The Hall–Kier alpha value is -5.54. The van der Waals surface area contributed by atoms with Crippen LogP contribution in [0, 0.1) is 6.92 Å². The number of fused-ring (bicyclic) bond motifs is 1. The summed E-state index contributed by atoms with van der Waals surface area (Å²) >= 11 is 6.01. The molecule has 0 fully saturated rings. The first kappa shape index (κ1) is 31.9. The standard InChI is InChI=1S/C36H30ClNO8/c1-22-29(30-20-28(44-2)13-14-31(30)38(22)36(43)25-7-9-26(37)10-8-25)21-35(42)45-18-17-23-3-11-27(12-4-23)46-34(41)16-6-24-5-15-32(39)33(40)19-24/h3-16,19-20,39-40H,17-18,21H2,1-2H3/b16-6+. The van der Waals surface area contributed by atoms with Crippen molar-refractivity contribution in [3.63, 3.8) is 0 Å². The van der Waals surface area contributed by atoms with Crippen LogP contribution in [0.4, 0.5) is 0 Å². The van der Waals surface area contributed by atoms with Crippen LogP contribution in [0.3, 0.4) is 0 Å². The molecule has 0 spiro atoms. The van der Waals surface area contributed by atoms with Gasteiger partial charge in [-0.2, -0.15) is 0 Å². The molecule has 0 saturated heterocycles. The molecule has 2 N–H and O–H groups in total. The summed E-state index contributed by atoms with van der Waals surface area (Å²) in [5.74, 6) is -0.909. The fourth-order valence-corrected chi connectivity index (χ4v) is 5.08. The number of hydrogen-bond acceptors (Lipinski definition) is 8. The van der Waals surface area contributed by atoms with E-state index in [1.165, 1.54) is 24.3 Å². The Morgan fingerprint density at radius 2 is 1.59 bits per heavy atom. The molecule has 5 rings (SSSR count). The van der Waals surface area contributed by atoms with E-state index in [4.69, 9.17) is 25.8 Å². The lowest BCUT2D eigenvalue weighted by Crippen LogP contribution is -2.15. The van der Waals surface area contributed by atoms with Crippen LogP contribution < -0.4 is 9.47 Å². The van der Waals surface area contributed by atoms with E-state index in [1.54, 1.807) is 91.4 Å². The van der Waals surface area contributed by atoms with E-state index < -0.39 is 11.9 Å². The normalized spacial score (nSPS) is 11.1. The van der Waals surface area contributed by atoms with E-state index in [-0.39, 0.29) is 30.4 Å². The first-order valence-corrected chi connectivity index (χ1v) is 14.7. The lowest BCUT2D eigenvalue weighted by molar-refractivity contribution is -0.142. The molecule has 4 aromatic carbocycles. The van der Waals surface area contributed by atoms with Gasteiger partial charge in [0.05, 0.1) is 25.7 Å². The highest BCUT2D eigenvalue weighted by atomic mass is 35.5. The lowest BCUT2D eigenvalue weighted by atomic mass is 10.1. The number of ether oxygens (including phenoxy) is 3. The van der Waals surface area contributed by atoms with Crippen molar-refractivity contribution in [3.8, 4) is 23.0 Å². The Bertz CT molecular complexity index is 1940. The molecule has 0 amide bonds. The van der Waals surface area contributed by atoms with Gasteiger partial charge in [0, 0.05) is 34.2 Å². The molecule has 0 unspecified atom stereocenters. The molecular weight excluding hydrogens is 610 g/mol. The summed E-state index contributed by atoms with van der Waals surface area (Å²) in [6.07, 6.45) is 3.07. The van der Waals surface area contributed by atoms with E-state index in [2.05, 4.69) is 0 Å². The van der Waals surface area contributed by atoms with E-state index in [1.807, 2.05) is 0 Å². The summed E-state index contributed by atoms with van der Waals surface area (Å²) in [6.45, 7) is 1.93. The summed E-state index contributed by atoms with van der Waals surface area (Å²) in [6, 6.07) is 23.0. The second-order valence-electron chi connectivity index (χ2n) is 10.4. The van der Waals surface area contributed by atoms with Crippen LogP contribution in [0.5, 0.6) is 23.0 Å². The van der Waals surface area contributed by atoms with Crippen LogP contribution in [0.1, 0.15) is 32.7 Å². The first-order chi connectivity index (χ1) is 22.1. The topological polar surface area (TPSA) is 124 Å². The van der Waals surface area contributed by atoms with E-state index in [0.29, 0.717) is 50.8 Å². The number of phenols is 2. The molecule has 0 aliphatic heterocycles. The Labute approximate surface area is 269 Å². The van der Waals surface area contributed by atoms with Crippen LogP contribution in [0.2, 0.25) is 5.02 Å². The Morgan fingerprint density at radius 3 is 2.28 bits per heavy atom. The molecule has 46 heavy (non-hydrogen) atoms. The number of nitrogens with zero attached hydrogens (tertiary/aromatic N) is 1. The second-order valence-corrected chi connectivity index (χ2v) is 10.8. The van der Waals surface area contributed by atoms with Gasteiger partial charge in [0.1, 0.15) is 11.5 Å². The molecule has 5 aromatic rings. The minimum absolute atomic E-state index is 0.0391. The fraction of sp³-hybridized carbons (Fsp3) is 0.139. The number of rotatable bonds is 10. The van der Waals surface area contributed by atoms with Crippen molar-refractivity contribution in [1.82, 2.24) is 4.57 Å². The number of aromatic nitrogens is 1. The highest BCUT2D eigenvalue weighted by molar-refractivity contribution is 6.30. The van der Waals surface area contributed by atoms with Gasteiger partial charge >= 0.3 is 11.9 Å². The van der Waals surface area contributed by atoms with Gasteiger partial charge in [-0.25, -0.2) is 4.79 Å². The number of aromatic hydroxyl groups is 2. The fourth-order valence-electron chi connectivity index (χ4n) is 4.96. The molecule has 0 aliphatic rings. The first-order valence-electron chi connectivity index (χ1n) is 14.3. The molecule has 1 heterocycles. The second kappa shape index (κ2) is 14.0. The maximum absolute atomic E-state index is 13.5. The van der Waals surface area contributed by atoms with Crippen molar-refractivity contribution in [2.75, 3.05) is 13.7 Å². The van der Waals surface area contributed by atoms with Crippen molar-refractivity contribution in [2.24, 2.45) is 0 Å². The summed E-state index contributed by atoms with van der Waals surface area (Å²) < 4.78 is 17.8. The van der Waals surface area contributed by atoms with Gasteiger partial charge in [0.2, 0.25) is 0 Å². The molecule has 0 radical (unpaired) electrons. The molecule has 0 bridgehead atoms. The summed E-state index contributed by atoms with van der Waals surface area (Å²) in [5.41, 5.74) is 3.79. The van der Waals surface area contributed by atoms with Gasteiger partial charge in [-0.3, -0.25) is 14.2 Å². The number of phenolic OH excluding ortho intramolecular Hbond substituents is 2. The van der Waals surface area contributed by atoms with Crippen LogP contribution in [0.25, 0.3) is 17.0 Å². The van der Waals surface area contributed by atoms with Crippen LogP contribution in [-0.4, -0.2) is 46.3 Å². The van der Waals surface area contributed by atoms with Crippen molar-refractivity contribution in [1.29, 1.82) is 0 Å². The predicted molar refractivity (Wildman–Crippen MR) is 174 cm³/mol. The third-order valence-electron chi connectivity index (χ3n) is 7.36. The van der Waals surface area contributed by atoms with Crippen molar-refractivity contribution < 1.29 is 38.8 Å². The van der Waals surface area contributed by atoms with Crippen LogP contribution >= 0.6 is 11.6 Å². The highest BCUT2D eigenvalue weighted by Crippen LogP contribution is 2.31. The summed E-state index contributed by atoms with van der Waals surface area (Å²) in [7, 11) is 1.55. The number of esters is 2. The van der Waals surface area contributed by atoms with Gasteiger partial charge in [0.15, 0.2) is 11.5 Å². The molecule has 234 valence electrons. The zero-order chi connectivity index (χ0) is 32.8. The van der Waals surface area contributed by atoms with E-state index in [0.717, 1.165) is 10.9 Å². The Balaban J connectivity index is 1.20. The third kappa shape index (κ3) is 7.39. The zero-order valence-corrected chi connectivity index (χ0v) is 25.8. The maximum Gasteiger partial charge on any atom is 0.336 e. The minimum atomic E-state index is -0.613. The maximum atomic E-state index is 13.5. The number of benzene rings is 4. The molecule has 1 aromatic heterocycles. The molecule has 10 heteroatoms. The third-order valence-corrected chi connectivity index (χ3v) is 7.62. The smallest absolute Gasteiger partial charge is 0.336 e. The molecular formula is C36H30ClNO8. The quantitative estimate of drug-likeness (QED) is 0.0753. The van der Waals surface area contributed by atoms with Crippen molar-refractivity contribution >= 4 is 46.4 Å². The Kier molecular flexibility index (Phi) is 9.73. The van der Waals surface area contributed by atoms with Crippen molar-refractivity contribution in [2.45, 2.75) is 19.8 Å². The summed E-state index contributed by atoms with van der Waals surface area (Å²) in [5, 5.41) is 20.2. The van der Waals surface area contributed by atoms with Gasteiger partial charge in [0.25, 0.3) is 5.91 Å². The highest BCUT2D eigenvalue weighted by Gasteiger charge is 2.22. The van der Waals surface area contributed by atoms with Crippen LogP contribution in [-0.2, 0) is 27.2 Å². The average molecular weight is 640 g/mol. The van der Waals surface area contributed by atoms with Crippen LogP contribution in [0.15, 0.2) is 91.0 Å².